The molecule has 1 saturated heterocycles. The first-order valence-corrected chi connectivity index (χ1v) is 9.60. The topological polar surface area (TPSA) is 76.3 Å². The summed E-state index contributed by atoms with van der Waals surface area (Å²) in [5.41, 5.74) is 15.2. The van der Waals surface area contributed by atoms with Crippen LogP contribution in [0.4, 0.5) is 0 Å². The fraction of sp³-hybridized carbons (Fsp3) is 0.316. The van der Waals surface area contributed by atoms with Crippen molar-refractivity contribution >= 4 is 23.3 Å². The minimum Gasteiger partial charge on any atom is -0.385 e. The van der Waals surface area contributed by atoms with Crippen LogP contribution < -0.4 is 11.5 Å². The van der Waals surface area contributed by atoms with E-state index in [1.54, 1.807) is 22.5 Å². The Balaban J connectivity index is 1.75. The maximum absolute atomic E-state index is 6.19. The highest BCUT2D eigenvalue weighted by Gasteiger charge is 2.28. The zero-order chi connectivity index (χ0) is 18.7. The maximum Gasteiger partial charge on any atom is 0.124 e. The van der Waals surface area contributed by atoms with Crippen LogP contribution in [0.5, 0.6) is 0 Å². The van der Waals surface area contributed by atoms with Gasteiger partial charge in [-0.25, -0.2) is 4.68 Å². The van der Waals surface area contributed by atoms with Gasteiger partial charge in [-0.15, -0.1) is 0 Å². The van der Waals surface area contributed by atoms with E-state index >= 15 is 0 Å². The number of hydrogen-bond acceptors (Lipinski definition) is 6. The molecular formula is C19H26N6S. The number of allylic oxidation sites excluding steroid dienone is 3. The summed E-state index contributed by atoms with van der Waals surface area (Å²) < 4.78 is 1.69. The molecule has 0 amide bonds. The van der Waals surface area contributed by atoms with Crippen molar-refractivity contribution in [3.05, 3.63) is 65.1 Å². The number of thioether (sulfide) groups is 1. The van der Waals surface area contributed by atoms with E-state index in [0.717, 1.165) is 40.9 Å². The van der Waals surface area contributed by atoms with E-state index in [-0.39, 0.29) is 0 Å². The first kappa shape index (κ1) is 18.3. The smallest absolute Gasteiger partial charge is 0.124 e. The standard InChI is InChI=1S/C19H26N6S/c1-4-19(26-5-2)24-13-16-15(14(24)3)12-25(22-16)18(21)9-8-17(20)23-10-6-7-11-23/h4-5,8-9,12H,2-3,6-7,10-11,13,20-21H2,1H3/b17-8+,18-9+,19-4-. The molecule has 3 heterocycles. The molecule has 0 radical (unpaired) electrons. The first-order valence-electron chi connectivity index (χ1n) is 8.72. The predicted octanol–water partition coefficient (Wildman–Crippen LogP) is 3.06. The Labute approximate surface area is 159 Å². The van der Waals surface area contributed by atoms with Gasteiger partial charge in [0, 0.05) is 30.5 Å². The fourth-order valence-electron chi connectivity index (χ4n) is 3.20. The van der Waals surface area contributed by atoms with Crippen molar-refractivity contribution < 1.29 is 0 Å². The van der Waals surface area contributed by atoms with Crippen LogP contribution in [0.25, 0.3) is 11.5 Å². The van der Waals surface area contributed by atoms with Gasteiger partial charge in [-0.05, 0) is 37.3 Å². The summed E-state index contributed by atoms with van der Waals surface area (Å²) in [6, 6.07) is 0. The molecule has 0 spiro atoms. The Bertz CT molecular complexity index is 795. The summed E-state index contributed by atoms with van der Waals surface area (Å²) in [6.07, 6.45) is 10.0. The van der Waals surface area contributed by atoms with Crippen LogP contribution in [0.3, 0.4) is 0 Å². The Kier molecular flexibility index (Phi) is 5.46. The SMILES string of the molecule is C=CS/C(=C\C)N1Cc2nn(/C(N)=C/C=C(\N)N3CCCC3)cc2C1=C. The predicted molar refractivity (Wildman–Crippen MR) is 110 cm³/mol. The second kappa shape index (κ2) is 7.78. The third kappa shape index (κ3) is 3.53. The van der Waals surface area contributed by atoms with Crippen LogP contribution in [0.15, 0.2) is 53.8 Å². The molecule has 4 N–H and O–H groups in total. The van der Waals surface area contributed by atoms with Gasteiger partial charge < -0.3 is 21.3 Å². The van der Waals surface area contributed by atoms with Crippen LogP contribution >= 0.6 is 11.8 Å². The van der Waals surface area contributed by atoms with Gasteiger partial charge in [-0.1, -0.05) is 31.0 Å². The van der Waals surface area contributed by atoms with Crippen molar-refractivity contribution in [3.63, 3.8) is 0 Å². The van der Waals surface area contributed by atoms with Gasteiger partial charge in [-0.3, -0.25) is 0 Å². The Hall–Kier alpha value is -2.54. The summed E-state index contributed by atoms with van der Waals surface area (Å²) in [6.45, 7) is 12.7. The van der Waals surface area contributed by atoms with E-state index < -0.39 is 0 Å². The zero-order valence-corrected chi connectivity index (χ0v) is 16.0. The van der Waals surface area contributed by atoms with Gasteiger partial charge in [-0.2, -0.15) is 5.10 Å². The van der Waals surface area contributed by atoms with E-state index in [9.17, 15) is 0 Å². The maximum atomic E-state index is 6.19. The van der Waals surface area contributed by atoms with Crippen LogP contribution in [0, 0.1) is 0 Å². The molecule has 0 bridgehead atoms. The van der Waals surface area contributed by atoms with Crippen LogP contribution in [0.2, 0.25) is 0 Å². The average Bonchev–Trinajstić information content (AvgIpc) is 3.36. The molecule has 0 saturated carbocycles. The molecule has 0 unspecified atom stereocenters. The number of fused-ring (bicyclic) bond motifs is 1. The number of likely N-dealkylation sites (tertiary alicyclic amines) is 1. The summed E-state index contributed by atoms with van der Waals surface area (Å²) in [5, 5.41) is 7.53. The minimum atomic E-state index is 0.535. The molecule has 1 aromatic heterocycles. The van der Waals surface area contributed by atoms with Crippen molar-refractivity contribution in [1.82, 2.24) is 19.6 Å². The molecule has 1 fully saturated rings. The highest BCUT2D eigenvalue weighted by atomic mass is 32.2. The van der Waals surface area contributed by atoms with Crippen molar-refractivity contribution in [3.8, 4) is 0 Å². The molecule has 3 rings (SSSR count). The summed E-state index contributed by atoms with van der Waals surface area (Å²) in [7, 11) is 0. The van der Waals surface area contributed by atoms with Gasteiger partial charge in [0.2, 0.25) is 0 Å². The first-order chi connectivity index (χ1) is 12.5. The Morgan fingerprint density at radius 2 is 1.92 bits per heavy atom. The van der Waals surface area contributed by atoms with Gasteiger partial charge in [0.1, 0.15) is 5.82 Å². The van der Waals surface area contributed by atoms with Gasteiger partial charge >= 0.3 is 0 Å². The van der Waals surface area contributed by atoms with E-state index in [2.05, 4.69) is 34.1 Å². The van der Waals surface area contributed by atoms with Gasteiger partial charge in [0.05, 0.1) is 23.1 Å². The molecule has 0 atom stereocenters. The monoisotopic (exact) mass is 370 g/mol. The fourth-order valence-corrected chi connectivity index (χ4v) is 3.81. The largest absolute Gasteiger partial charge is 0.385 e. The summed E-state index contributed by atoms with van der Waals surface area (Å²) in [5.74, 6) is 1.28. The molecular weight excluding hydrogens is 344 g/mol. The van der Waals surface area contributed by atoms with Crippen molar-refractivity contribution in [1.29, 1.82) is 0 Å². The Morgan fingerprint density at radius 1 is 1.23 bits per heavy atom. The molecule has 138 valence electrons. The molecule has 1 aromatic rings. The third-order valence-corrected chi connectivity index (χ3v) is 5.48. The molecule has 26 heavy (non-hydrogen) atoms. The Morgan fingerprint density at radius 3 is 2.54 bits per heavy atom. The summed E-state index contributed by atoms with van der Waals surface area (Å²) >= 11 is 1.58. The van der Waals surface area contributed by atoms with Crippen LogP contribution in [0.1, 0.15) is 31.0 Å². The zero-order valence-electron chi connectivity index (χ0n) is 15.2. The van der Waals surface area contributed by atoms with Gasteiger partial charge in [0.25, 0.3) is 0 Å². The number of rotatable bonds is 6. The lowest BCUT2D eigenvalue weighted by atomic mass is 10.2. The average molecular weight is 371 g/mol. The van der Waals surface area contributed by atoms with E-state index in [0.29, 0.717) is 12.4 Å². The van der Waals surface area contributed by atoms with Crippen molar-refractivity contribution in [2.45, 2.75) is 26.3 Å². The molecule has 2 aliphatic heterocycles. The van der Waals surface area contributed by atoms with Crippen molar-refractivity contribution in [2.24, 2.45) is 11.5 Å². The molecule has 0 aromatic carbocycles. The highest BCUT2D eigenvalue weighted by Crippen LogP contribution is 2.37. The quantitative estimate of drug-likeness (QED) is 0.750. The summed E-state index contributed by atoms with van der Waals surface area (Å²) in [4.78, 5) is 4.31. The number of nitrogens with zero attached hydrogens (tertiary/aromatic N) is 4. The highest BCUT2D eigenvalue weighted by molar-refractivity contribution is 8.05. The lowest BCUT2D eigenvalue weighted by Gasteiger charge is -2.21. The van der Waals surface area contributed by atoms with Crippen LogP contribution in [-0.2, 0) is 6.54 Å². The van der Waals surface area contributed by atoms with Crippen LogP contribution in [-0.4, -0.2) is 32.7 Å². The van der Waals surface area contributed by atoms with Crippen molar-refractivity contribution in [2.75, 3.05) is 13.1 Å². The second-order valence-corrected chi connectivity index (χ2v) is 7.24. The molecule has 2 aliphatic rings. The lowest BCUT2D eigenvalue weighted by molar-refractivity contribution is 0.421. The number of hydrogen-bond donors (Lipinski definition) is 2. The van der Waals surface area contributed by atoms with E-state index in [1.807, 2.05) is 24.6 Å². The van der Waals surface area contributed by atoms with Gasteiger partial charge in [0.15, 0.2) is 0 Å². The second-order valence-electron chi connectivity index (χ2n) is 6.26. The lowest BCUT2D eigenvalue weighted by Crippen LogP contribution is -2.24. The minimum absolute atomic E-state index is 0.535. The number of nitrogens with two attached hydrogens (primary N) is 2. The molecule has 6 nitrogen and oxygen atoms in total. The third-order valence-electron chi connectivity index (χ3n) is 4.61. The molecule has 7 heteroatoms. The molecule has 0 aliphatic carbocycles. The normalized spacial score (nSPS) is 18.7. The van der Waals surface area contributed by atoms with E-state index in [4.69, 9.17) is 11.5 Å². The van der Waals surface area contributed by atoms with E-state index in [1.165, 1.54) is 12.8 Å². The number of aromatic nitrogens is 2.